The van der Waals surface area contributed by atoms with Gasteiger partial charge in [0.15, 0.2) is 0 Å². The summed E-state index contributed by atoms with van der Waals surface area (Å²) in [6, 6.07) is 0. The summed E-state index contributed by atoms with van der Waals surface area (Å²) < 4.78 is 0.844. The molecule has 14 heavy (non-hydrogen) atoms. The van der Waals surface area contributed by atoms with E-state index in [-0.39, 0.29) is 19.0 Å². The minimum atomic E-state index is -0.711. The predicted molar refractivity (Wildman–Crippen MR) is 52.5 cm³/mol. The van der Waals surface area contributed by atoms with Crippen LogP contribution in [0.3, 0.4) is 0 Å². The monoisotopic (exact) mass is 227 g/mol. The number of nitrogens with zero attached hydrogens (tertiary/aromatic N) is 1. The fourth-order valence-electron chi connectivity index (χ4n) is 0.514. The molecular formula is C9H22ClNO3. The molecule has 0 saturated heterocycles. The lowest BCUT2D eigenvalue weighted by Crippen LogP contribution is -3.00. The number of rotatable bonds is 4. The second-order valence-corrected chi connectivity index (χ2v) is 3.88. The lowest BCUT2D eigenvalue weighted by Gasteiger charge is -2.21. The molecule has 0 saturated carbocycles. The minimum absolute atomic E-state index is 0. The van der Waals surface area contributed by atoms with Gasteiger partial charge in [-0.2, -0.15) is 0 Å². The Kier molecular flexibility index (Phi) is 14.8. The number of carboxylic acids is 1. The average Bonchev–Trinajstić information content (AvgIpc) is 1.84. The van der Waals surface area contributed by atoms with E-state index in [0.29, 0.717) is 6.42 Å². The molecule has 0 aliphatic carbocycles. The molecule has 0 aliphatic rings. The van der Waals surface area contributed by atoms with Crippen LogP contribution in [-0.2, 0) is 4.79 Å². The van der Waals surface area contributed by atoms with Crippen molar-refractivity contribution in [3.63, 3.8) is 0 Å². The number of likely N-dealkylation sites (N-methyl/N-ethyl adjacent to an activating group) is 1. The molecule has 0 radical (unpaired) electrons. The van der Waals surface area contributed by atoms with Crippen LogP contribution in [0.15, 0.2) is 0 Å². The van der Waals surface area contributed by atoms with Gasteiger partial charge in [-0.15, -0.1) is 0 Å². The van der Waals surface area contributed by atoms with Gasteiger partial charge in [0.2, 0.25) is 0 Å². The first-order chi connectivity index (χ1) is 5.83. The van der Waals surface area contributed by atoms with E-state index in [0.717, 1.165) is 17.4 Å². The van der Waals surface area contributed by atoms with Crippen molar-refractivity contribution in [2.24, 2.45) is 0 Å². The molecular weight excluding hydrogens is 206 g/mol. The molecule has 0 fully saturated rings. The van der Waals surface area contributed by atoms with Crippen LogP contribution in [0.2, 0.25) is 0 Å². The van der Waals surface area contributed by atoms with Gasteiger partial charge >= 0.3 is 5.97 Å². The fraction of sp³-hybridized carbons (Fsp3) is 0.889. The first-order valence-corrected chi connectivity index (χ1v) is 4.46. The maximum Gasteiger partial charge on any atom is 0.303 e. The number of carbonyl (C=O) groups is 1. The van der Waals surface area contributed by atoms with Gasteiger partial charge in [-0.05, 0) is 6.42 Å². The molecule has 0 aromatic heterocycles. The van der Waals surface area contributed by atoms with Gasteiger partial charge in [0.25, 0.3) is 0 Å². The van der Waals surface area contributed by atoms with Crippen LogP contribution in [0.25, 0.3) is 0 Å². The highest BCUT2D eigenvalue weighted by Crippen LogP contribution is 1.84. The highest BCUT2D eigenvalue weighted by Gasteiger charge is 2.02. The summed E-state index contributed by atoms with van der Waals surface area (Å²) >= 11 is 0. The molecule has 0 rings (SSSR count). The Morgan fingerprint density at radius 3 is 1.71 bits per heavy atom. The van der Waals surface area contributed by atoms with Crippen molar-refractivity contribution in [2.75, 3.05) is 34.3 Å². The van der Waals surface area contributed by atoms with Crippen molar-refractivity contribution in [3.8, 4) is 0 Å². The second-order valence-electron chi connectivity index (χ2n) is 3.88. The first-order valence-electron chi connectivity index (χ1n) is 4.46. The van der Waals surface area contributed by atoms with Crippen molar-refractivity contribution in [2.45, 2.75) is 19.8 Å². The molecule has 5 heteroatoms. The second kappa shape index (κ2) is 10.8. The van der Waals surface area contributed by atoms with Crippen molar-refractivity contribution < 1.29 is 31.9 Å². The first kappa shape index (κ1) is 19.3. The third kappa shape index (κ3) is 29.9. The Balaban J connectivity index is -0.000000163. The summed E-state index contributed by atoms with van der Waals surface area (Å²) in [6.07, 6.45) is 1.02. The van der Waals surface area contributed by atoms with Crippen molar-refractivity contribution in [1.29, 1.82) is 0 Å². The number of hydrogen-bond donors (Lipinski definition) is 2. The zero-order valence-corrected chi connectivity index (χ0v) is 10.2. The SMILES string of the molecule is CCCC(=O)O.C[N+](C)(C)CCO.[Cl-]. The molecule has 4 nitrogen and oxygen atoms in total. The molecule has 88 valence electrons. The van der Waals surface area contributed by atoms with Crippen molar-refractivity contribution in [3.05, 3.63) is 0 Å². The van der Waals surface area contributed by atoms with Crippen molar-refractivity contribution >= 4 is 5.97 Å². The average molecular weight is 228 g/mol. The number of halogens is 1. The summed E-state index contributed by atoms with van der Waals surface area (Å²) in [5.74, 6) is -0.711. The summed E-state index contributed by atoms with van der Waals surface area (Å²) in [4.78, 5) is 9.60. The van der Waals surface area contributed by atoms with E-state index >= 15 is 0 Å². The third-order valence-electron chi connectivity index (χ3n) is 1.23. The van der Waals surface area contributed by atoms with Gasteiger partial charge in [0, 0.05) is 6.42 Å². The van der Waals surface area contributed by atoms with Gasteiger partial charge < -0.3 is 27.1 Å². The number of aliphatic hydroxyl groups is 1. The molecule has 0 unspecified atom stereocenters. The maximum absolute atomic E-state index is 9.60. The summed E-state index contributed by atoms with van der Waals surface area (Å²) in [6.45, 7) is 2.96. The number of hydrogen-bond acceptors (Lipinski definition) is 2. The lowest BCUT2D eigenvalue weighted by molar-refractivity contribution is -0.870. The fourth-order valence-corrected chi connectivity index (χ4v) is 0.514. The smallest absolute Gasteiger partial charge is 0.303 e. The van der Waals surface area contributed by atoms with E-state index in [1.807, 2.05) is 6.92 Å². The van der Waals surface area contributed by atoms with Gasteiger partial charge in [0.05, 0.1) is 27.7 Å². The highest BCUT2D eigenvalue weighted by molar-refractivity contribution is 5.66. The van der Waals surface area contributed by atoms with Gasteiger partial charge in [-0.25, -0.2) is 0 Å². The van der Waals surface area contributed by atoms with Crippen LogP contribution in [0, 0.1) is 0 Å². The highest BCUT2D eigenvalue weighted by atomic mass is 35.5. The van der Waals surface area contributed by atoms with E-state index in [1.165, 1.54) is 0 Å². The zero-order chi connectivity index (χ0) is 10.9. The molecule has 0 aromatic rings. The molecule has 0 atom stereocenters. The number of carboxylic acid groups (broad SMARTS) is 1. The van der Waals surface area contributed by atoms with Crippen LogP contribution in [0.4, 0.5) is 0 Å². The van der Waals surface area contributed by atoms with E-state index < -0.39 is 5.97 Å². The Morgan fingerprint density at radius 1 is 1.29 bits per heavy atom. The Morgan fingerprint density at radius 2 is 1.71 bits per heavy atom. The summed E-state index contributed by atoms with van der Waals surface area (Å²) in [7, 11) is 6.16. The van der Waals surface area contributed by atoms with Crippen LogP contribution in [0.1, 0.15) is 19.8 Å². The Hall–Kier alpha value is -0.320. The lowest BCUT2D eigenvalue weighted by atomic mass is 10.4. The largest absolute Gasteiger partial charge is 1.00 e. The van der Waals surface area contributed by atoms with E-state index in [1.54, 1.807) is 0 Å². The third-order valence-corrected chi connectivity index (χ3v) is 1.23. The van der Waals surface area contributed by atoms with E-state index in [2.05, 4.69) is 21.1 Å². The maximum atomic E-state index is 9.60. The van der Waals surface area contributed by atoms with Crippen LogP contribution < -0.4 is 12.4 Å². The minimum Gasteiger partial charge on any atom is -1.00 e. The van der Waals surface area contributed by atoms with Crippen LogP contribution >= 0.6 is 0 Å². The molecule has 2 N–H and O–H groups in total. The molecule has 0 aliphatic heterocycles. The van der Waals surface area contributed by atoms with E-state index in [9.17, 15) is 4.79 Å². The molecule has 0 bridgehead atoms. The quantitative estimate of drug-likeness (QED) is 0.525. The summed E-state index contributed by atoms with van der Waals surface area (Å²) in [5, 5.41) is 16.3. The Bertz CT molecular complexity index is 135. The number of aliphatic carboxylic acids is 1. The van der Waals surface area contributed by atoms with Crippen LogP contribution in [-0.4, -0.2) is 55.0 Å². The summed E-state index contributed by atoms with van der Waals surface area (Å²) in [5.41, 5.74) is 0. The predicted octanol–water partition coefficient (Wildman–Crippen LogP) is -2.44. The standard InChI is InChI=1S/C5H14NO.C4H8O2.ClH/c1-6(2,3)4-5-7;1-2-3-4(5)6;/h7H,4-5H2,1-3H3;2-3H2,1H3,(H,5,6);1H/q+1;;/p-1. The number of quaternary nitrogens is 1. The topological polar surface area (TPSA) is 57.5 Å². The number of aliphatic hydroxyl groups excluding tert-OH is 1. The van der Waals surface area contributed by atoms with Crippen LogP contribution in [0.5, 0.6) is 0 Å². The zero-order valence-electron chi connectivity index (χ0n) is 9.46. The van der Waals surface area contributed by atoms with E-state index in [4.69, 9.17) is 10.2 Å². The normalized spacial score (nSPS) is 9.50. The molecule has 0 heterocycles. The molecule has 0 spiro atoms. The molecule has 0 aromatic carbocycles. The van der Waals surface area contributed by atoms with Gasteiger partial charge in [-0.1, -0.05) is 6.92 Å². The van der Waals surface area contributed by atoms with Gasteiger partial charge in [0.1, 0.15) is 6.54 Å². The van der Waals surface area contributed by atoms with Gasteiger partial charge in [-0.3, -0.25) is 4.79 Å². The molecule has 0 amide bonds. The van der Waals surface area contributed by atoms with Crippen molar-refractivity contribution in [1.82, 2.24) is 0 Å². The Labute approximate surface area is 92.5 Å².